The molecule has 1 unspecified atom stereocenters. The fourth-order valence-electron chi connectivity index (χ4n) is 1.60. The molecule has 4 nitrogen and oxygen atoms in total. The van der Waals surface area contributed by atoms with E-state index in [0.717, 1.165) is 0 Å². The highest BCUT2D eigenvalue weighted by Gasteiger charge is 2.34. The van der Waals surface area contributed by atoms with Crippen molar-refractivity contribution in [2.45, 2.75) is 60.0 Å². The lowest BCUT2D eigenvalue weighted by Gasteiger charge is -2.31. The minimum atomic E-state index is -3.18. The number of hydrogen-bond donors (Lipinski definition) is 1. The quantitative estimate of drug-likeness (QED) is 0.832. The molecule has 0 aromatic rings. The van der Waals surface area contributed by atoms with Crippen LogP contribution in [0.3, 0.4) is 0 Å². The van der Waals surface area contributed by atoms with Crippen LogP contribution in [0.4, 0.5) is 0 Å². The Balaban J connectivity index is 5.15. The summed E-state index contributed by atoms with van der Waals surface area (Å²) >= 11 is 0. The highest BCUT2D eigenvalue weighted by atomic mass is 32.2. The van der Waals surface area contributed by atoms with Gasteiger partial charge < -0.3 is 5.32 Å². The van der Waals surface area contributed by atoms with E-state index in [1.807, 2.05) is 41.5 Å². The maximum absolute atomic E-state index is 12.3. The fraction of sp³-hybridized carbons (Fsp3) is 0.923. The summed E-state index contributed by atoms with van der Waals surface area (Å²) in [5, 5.41) is 3.12. The van der Waals surface area contributed by atoms with Gasteiger partial charge in [0.2, 0.25) is 0 Å². The van der Waals surface area contributed by atoms with Crippen LogP contribution in [0.1, 0.15) is 48.5 Å². The summed E-state index contributed by atoms with van der Waals surface area (Å²) in [6, 6.07) is -0.644. The largest absolute Gasteiger partial charge is 0.302 e. The molecule has 0 fully saturated rings. The Labute approximate surface area is 111 Å². The van der Waals surface area contributed by atoms with E-state index in [1.165, 1.54) is 0 Å². The van der Waals surface area contributed by atoms with Crippen LogP contribution in [0.15, 0.2) is 0 Å². The van der Waals surface area contributed by atoms with E-state index in [9.17, 15) is 13.2 Å². The first-order chi connectivity index (χ1) is 7.78. The lowest BCUT2D eigenvalue weighted by Crippen LogP contribution is -2.54. The standard InChI is InChI=1S/C13H27NO3S/c1-8-18(16,17)9-10(14-13(5,6)7)11(15)12(2,3)4/h10,14H,8-9H2,1-7H3. The van der Waals surface area contributed by atoms with E-state index in [4.69, 9.17) is 0 Å². The molecule has 18 heavy (non-hydrogen) atoms. The van der Waals surface area contributed by atoms with Gasteiger partial charge >= 0.3 is 0 Å². The van der Waals surface area contributed by atoms with Gasteiger partial charge in [-0.05, 0) is 20.8 Å². The molecule has 0 rings (SSSR count). The Morgan fingerprint density at radius 2 is 1.56 bits per heavy atom. The maximum Gasteiger partial charge on any atom is 0.156 e. The lowest BCUT2D eigenvalue weighted by atomic mass is 9.86. The third kappa shape index (κ3) is 6.50. The number of carbonyl (C=O) groups is 1. The van der Waals surface area contributed by atoms with Crippen LogP contribution in [-0.2, 0) is 14.6 Å². The van der Waals surface area contributed by atoms with Crippen LogP contribution in [0, 0.1) is 5.41 Å². The summed E-state index contributed by atoms with van der Waals surface area (Å²) in [6.45, 7) is 12.8. The first-order valence-corrected chi connectivity index (χ1v) is 8.13. The van der Waals surface area contributed by atoms with Crippen LogP contribution < -0.4 is 5.32 Å². The van der Waals surface area contributed by atoms with Crippen LogP contribution >= 0.6 is 0 Å². The van der Waals surface area contributed by atoms with Crippen LogP contribution in [0.2, 0.25) is 0 Å². The molecule has 0 aromatic carbocycles. The molecule has 0 heterocycles. The summed E-state index contributed by atoms with van der Waals surface area (Å²) in [4.78, 5) is 12.3. The van der Waals surface area contributed by atoms with Crippen LogP contribution in [0.5, 0.6) is 0 Å². The molecule has 5 heteroatoms. The first-order valence-electron chi connectivity index (χ1n) is 6.31. The predicted molar refractivity (Wildman–Crippen MR) is 75.5 cm³/mol. The molecule has 1 atom stereocenters. The SMILES string of the molecule is CCS(=O)(=O)CC(NC(C)(C)C)C(=O)C(C)(C)C. The van der Waals surface area contributed by atoms with E-state index >= 15 is 0 Å². The lowest BCUT2D eigenvalue weighted by molar-refractivity contribution is -0.128. The van der Waals surface area contributed by atoms with Crippen molar-refractivity contribution < 1.29 is 13.2 Å². The van der Waals surface area contributed by atoms with Gasteiger partial charge in [0.1, 0.15) is 0 Å². The van der Waals surface area contributed by atoms with Gasteiger partial charge in [-0.25, -0.2) is 8.42 Å². The smallest absolute Gasteiger partial charge is 0.156 e. The second-order valence-electron chi connectivity index (χ2n) is 6.76. The van der Waals surface area contributed by atoms with Crippen molar-refractivity contribution in [3.63, 3.8) is 0 Å². The molecule has 0 aliphatic carbocycles. The maximum atomic E-state index is 12.3. The fourth-order valence-corrected chi connectivity index (χ4v) is 2.58. The number of sulfone groups is 1. The van der Waals surface area contributed by atoms with Crippen molar-refractivity contribution in [1.82, 2.24) is 5.32 Å². The molecular weight excluding hydrogens is 250 g/mol. The highest BCUT2D eigenvalue weighted by molar-refractivity contribution is 7.91. The molecular formula is C13H27NO3S. The molecule has 1 N–H and O–H groups in total. The first kappa shape index (κ1) is 17.6. The highest BCUT2D eigenvalue weighted by Crippen LogP contribution is 2.19. The van der Waals surface area contributed by atoms with Gasteiger partial charge in [-0.1, -0.05) is 27.7 Å². The van der Waals surface area contributed by atoms with Crippen molar-refractivity contribution in [2.24, 2.45) is 5.41 Å². The van der Waals surface area contributed by atoms with Crippen molar-refractivity contribution in [1.29, 1.82) is 0 Å². The summed E-state index contributed by atoms with van der Waals surface area (Å²) in [5.74, 6) is -0.127. The molecule has 0 radical (unpaired) electrons. The Morgan fingerprint density at radius 3 is 1.83 bits per heavy atom. The van der Waals surface area contributed by atoms with Gasteiger partial charge in [-0.2, -0.15) is 0 Å². The molecule has 108 valence electrons. The topological polar surface area (TPSA) is 63.2 Å². The van der Waals surface area contributed by atoms with Gasteiger partial charge in [-0.3, -0.25) is 4.79 Å². The van der Waals surface area contributed by atoms with Crippen molar-refractivity contribution in [3.05, 3.63) is 0 Å². The van der Waals surface area contributed by atoms with Crippen molar-refractivity contribution in [2.75, 3.05) is 11.5 Å². The number of Topliss-reactive ketones (excluding diaryl/α,β-unsaturated/α-hetero) is 1. The summed E-state index contributed by atoms with van der Waals surface area (Å²) in [7, 11) is -3.18. The van der Waals surface area contributed by atoms with E-state index < -0.39 is 21.3 Å². The number of ketones is 1. The van der Waals surface area contributed by atoms with E-state index in [1.54, 1.807) is 6.92 Å². The van der Waals surface area contributed by atoms with Crippen LogP contribution in [0.25, 0.3) is 0 Å². The van der Waals surface area contributed by atoms with Gasteiger partial charge in [0.05, 0.1) is 11.8 Å². The minimum Gasteiger partial charge on any atom is -0.302 e. The minimum absolute atomic E-state index is 0.0607. The molecule has 0 aromatic heterocycles. The number of nitrogens with one attached hydrogen (secondary N) is 1. The molecule has 0 saturated carbocycles. The summed E-state index contributed by atoms with van der Waals surface area (Å²) in [5.41, 5.74) is -0.846. The van der Waals surface area contributed by atoms with Crippen molar-refractivity contribution in [3.8, 4) is 0 Å². The van der Waals surface area contributed by atoms with Gasteiger partial charge in [-0.15, -0.1) is 0 Å². The average molecular weight is 277 g/mol. The molecule has 0 aliphatic heterocycles. The van der Waals surface area contributed by atoms with Crippen molar-refractivity contribution >= 4 is 15.6 Å². The van der Waals surface area contributed by atoms with E-state index in [0.29, 0.717) is 0 Å². The summed E-state index contributed by atoms with van der Waals surface area (Å²) in [6.07, 6.45) is 0. The Morgan fingerprint density at radius 1 is 1.11 bits per heavy atom. The monoisotopic (exact) mass is 277 g/mol. The third-order valence-corrected chi connectivity index (χ3v) is 4.24. The zero-order chi connectivity index (χ0) is 14.8. The Kier molecular flexibility index (Phi) is 5.56. The average Bonchev–Trinajstić information content (AvgIpc) is 2.11. The molecule has 0 saturated heterocycles. The Hall–Kier alpha value is -0.420. The molecule has 0 spiro atoms. The molecule has 0 bridgehead atoms. The zero-order valence-corrected chi connectivity index (χ0v) is 13.4. The van der Waals surface area contributed by atoms with Gasteiger partial charge in [0.15, 0.2) is 15.6 Å². The normalized spacial score (nSPS) is 15.5. The van der Waals surface area contributed by atoms with E-state index in [2.05, 4.69) is 5.32 Å². The number of hydrogen-bond acceptors (Lipinski definition) is 4. The number of carbonyl (C=O) groups excluding carboxylic acids is 1. The van der Waals surface area contributed by atoms with Gasteiger partial charge in [0, 0.05) is 16.7 Å². The van der Waals surface area contributed by atoms with E-state index in [-0.39, 0.29) is 22.8 Å². The summed E-state index contributed by atoms with van der Waals surface area (Å²) < 4.78 is 23.5. The zero-order valence-electron chi connectivity index (χ0n) is 12.6. The molecule has 0 amide bonds. The van der Waals surface area contributed by atoms with Gasteiger partial charge in [0.25, 0.3) is 0 Å². The molecule has 0 aliphatic rings. The van der Waals surface area contributed by atoms with Crippen LogP contribution in [-0.4, -0.2) is 37.3 Å². The number of rotatable bonds is 5. The second kappa shape index (κ2) is 5.70. The predicted octanol–water partition coefficient (Wildman–Crippen LogP) is 1.79. The second-order valence-corrected chi connectivity index (χ2v) is 9.16. The third-order valence-electron chi connectivity index (χ3n) is 2.52. The Bertz CT molecular complexity index is 385.